The smallest absolute Gasteiger partial charge is 0.254 e. The SMILES string of the molecule is CCOc1ccccc1CNC(=O)c1cnc2c(-c3ccc(C(C)C)cc3)cnn2c1C. The number of para-hydroxylation sites is 1. The highest BCUT2D eigenvalue weighted by atomic mass is 16.5. The minimum atomic E-state index is -0.193. The monoisotopic (exact) mass is 428 g/mol. The average Bonchev–Trinajstić information content (AvgIpc) is 3.24. The summed E-state index contributed by atoms with van der Waals surface area (Å²) < 4.78 is 7.37. The highest BCUT2D eigenvalue weighted by Gasteiger charge is 2.17. The molecule has 0 bridgehead atoms. The van der Waals surface area contributed by atoms with Crippen LogP contribution >= 0.6 is 0 Å². The van der Waals surface area contributed by atoms with Gasteiger partial charge in [0.1, 0.15) is 5.75 Å². The second kappa shape index (κ2) is 9.22. The van der Waals surface area contributed by atoms with E-state index in [1.54, 1.807) is 16.9 Å². The molecule has 6 heteroatoms. The summed E-state index contributed by atoms with van der Waals surface area (Å²) in [5.74, 6) is 1.07. The topological polar surface area (TPSA) is 68.5 Å². The van der Waals surface area contributed by atoms with Crippen LogP contribution in [0.1, 0.15) is 53.9 Å². The van der Waals surface area contributed by atoms with Gasteiger partial charge in [-0.05, 0) is 37.0 Å². The van der Waals surface area contributed by atoms with Crippen LogP contribution in [0, 0.1) is 6.92 Å². The second-order valence-electron chi connectivity index (χ2n) is 8.05. The first kappa shape index (κ1) is 21.6. The summed E-state index contributed by atoms with van der Waals surface area (Å²) in [6.07, 6.45) is 3.43. The van der Waals surface area contributed by atoms with Crippen molar-refractivity contribution in [2.24, 2.45) is 0 Å². The van der Waals surface area contributed by atoms with Gasteiger partial charge in [0.15, 0.2) is 5.65 Å². The number of rotatable bonds is 7. The number of amides is 1. The number of carbonyl (C=O) groups is 1. The molecule has 0 fully saturated rings. The minimum absolute atomic E-state index is 0.193. The van der Waals surface area contributed by atoms with Crippen molar-refractivity contribution in [1.82, 2.24) is 19.9 Å². The number of carbonyl (C=O) groups excluding carboxylic acids is 1. The zero-order chi connectivity index (χ0) is 22.7. The van der Waals surface area contributed by atoms with Crippen molar-refractivity contribution in [3.8, 4) is 16.9 Å². The van der Waals surface area contributed by atoms with Gasteiger partial charge in [-0.25, -0.2) is 9.50 Å². The van der Waals surface area contributed by atoms with Gasteiger partial charge in [0.25, 0.3) is 5.91 Å². The third-order valence-corrected chi connectivity index (χ3v) is 5.61. The Hall–Kier alpha value is -3.67. The molecule has 0 saturated carbocycles. The standard InChI is InChI=1S/C26H28N4O2/c1-5-32-24-9-7-6-8-21(24)14-28-26(31)22-15-27-25-23(16-29-30(25)18(22)4)20-12-10-19(11-13-20)17(2)3/h6-13,15-17H,5,14H2,1-4H3,(H,28,31). The Morgan fingerprint density at radius 3 is 2.56 bits per heavy atom. The number of fused-ring (bicyclic) bond motifs is 1. The molecule has 1 amide bonds. The van der Waals surface area contributed by atoms with Crippen LogP contribution in [-0.4, -0.2) is 27.1 Å². The summed E-state index contributed by atoms with van der Waals surface area (Å²) in [6.45, 7) is 9.13. The van der Waals surface area contributed by atoms with E-state index in [1.165, 1.54) is 5.56 Å². The van der Waals surface area contributed by atoms with E-state index in [4.69, 9.17) is 4.74 Å². The molecule has 0 aliphatic heterocycles. The van der Waals surface area contributed by atoms with Crippen molar-refractivity contribution >= 4 is 11.6 Å². The van der Waals surface area contributed by atoms with Crippen LogP contribution in [0.3, 0.4) is 0 Å². The first-order chi connectivity index (χ1) is 15.5. The van der Waals surface area contributed by atoms with E-state index in [0.717, 1.165) is 33.8 Å². The molecule has 0 radical (unpaired) electrons. The van der Waals surface area contributed by atoms with Crippen LogP contribution in [0.5, 0.6) is 5.75 Å². The molecule has 0 spiro atoms. The number of nitrogens with zero attached hydrogens (tertiary/aromatic N) is 3. The van der Waals surface area contributed by atoms with E-state index in [1.807, 2.05) is 38.1 Å². The van der Waals surface area contributed by atoms with E-state index in [-0.39, 0.29) is 5.91 Å². The molecule has 2 aromatic heterocycles. The lowest BCUT2D eigenvalue weighted by atomic mass is 10.00. The maximum absolute atomic E-state index is 12.9. The molecule has 32 heavy (non-hydrogen) atoms. The molecular weight excluding hydrogens is 400 g/mol. The average molecular weight is 429 g/mol. The Kier molecular flexibility index (Phi) is 6.21. The summed E-state index contributed by atoms with van der Waals surface area (Å²) >= 11 is 0. The molecule has 6 nitrogen and oxygen atoms in total. The third-order valence-electron chi connectivity index (χ3n) is 5.61. The number of benzene rings is 2. The number of aromatic nitrogens is 3. The number of hydrogen-bond acceptors (Lipinski definition) is 4. The molecule has 164 valence electrons. The van der Waals surface area contributed by atoms with Gasteiger partial charge >= 0.3 is 0 Å². The molecule has 0 aliphatic carbocycles. The fraction of sp³-hybridized carbons (Fsp3) is 0.269. The van der Waals surface area contributed by atoms with E-state index in [2.05, 4.69) is 53.5 Å². The fourth-order valence-corrected chi connectivity index (χ4v) is 3.74. The number of ether oxygens (including phenoxy) is 1. The van der Waals surface area contributed by atoms with E-state index >= 15 is 0 Å². The lowest BCUT2D eigenvalue weighted by Crippen LogP contribution is -2.25. The highest BCUT2D eigenvalue weighted by molar-refractivity contribution is 5.95. The molecule has 4 rings (SSSR count). The predicted octanol–water partition coefficient (Wildman–Crippen LogP) is 5.16. The predicted molar refractivity (Wildman–Crippen MR) is 126 cm³/mol. The van der Waals surface area contributed by atoms with Crippen LogP contribution in [-0.2, 0) is 6.54 Å². The van der Waals surface area contributed by atoms with Crippen molar-refractivity contribution in [3.63, 3.8) is 0 Å². The number of hydrogen-bond donors (Lipinski definition) is 1. The quantitative estimate of drug-likeness (QED) is 0.442. The maximum Gasteiger partial charge on any atom is 0.254 e. The van der Waals surface area contributed by atoms with Gasteiger partial charge in [-0.15, -0.1) is 0 Å². The van der Waals surface area contributed by atoms with Crippen LogP contribution in [0.4, 0.5) is 0 Å². The van der Waals surface area contributed by atoms with Gasteiger partial charge in [0.2, 0.25) is 0 Å². The Morgan fingerprint density at radius 2 is 1.84 bits per heavy atom. The maximum atomic E-state index is 12.9. The van der Waals surface area contributed by atoms with E-state index in [0.29, 0.717) is 24.6 Å². The molecule has 0 atom stereocenters. The lowest BCUT2D eigenvalue weighted by Gasteiger charge is -2.12. The van der Waals surface area contributed by atoms with Crippen LogP contribution in [0.2, 0.25) is 0 Å². The summed E-state index contributed by atoms with van der Waals surface area (Å²) in [6, 6.07) is 16.2. The molecule has 0 saturated heterocycles. The summed E-state index contributed by atoms with van der Waals surface area (Å²) in [5, 5.41) is 7.48. The van der Waals surface area contributed by atoms with Crippen molar-refractivity contribution in [1.29, 1.82) is 0 Å². The van der Waals surface area contributed by atoms with Gasteiger partial charge in [-0.2, -0.15) is 5.10 Å². The van der Waals surface area contributed by atoms with Gasteiger partial charge in [0.05, 0.1) is 24.1 Å². The zero-order valence-electron chi connectivity index (χ0n) is 18.9. The Morgan fingerprint density at radius 1 is 1.09 bits per heavy atom. The van der Waals surface area contributed by atoms with Gasteiger partial charge in [-0.3, -0.25) is 4.79 Å². The molecule has 0 aliphatic rings. The van der Waals surface area contributed by atoms with Crippen molar-refractivity contribution < 1.29 is 9.53 Å². The summed E-state index contributed by atoms with van der Waals surface area (Å²) in [5.41, 5.74) is 6.20. The highest BCUT2D eigenvalue weighted by Crippen LogP contribution is 2.26. The van der Waals surface area contributed by atoms with Gasteiger partial charge in [0, 0.05) is 23.9 Å². The molecular formula is C26H28N4O2. The van der Waals surface area contributed by atoms with Gasteiger partial charge in [-0.1, -0.05) is 56.3 Å². The lowest BCUT2D eigenvalue weighted by molar-refractivity contribution is 0.0949. The van der Waals surface area contributed by atoms with Crippen LogP contribution in [0.25, 0.3) is 16.8 Å². The van der Waals surface area contributed by atoms with Gasteiger partial charge < -0.3 is 10.1 Å². The molecule has 4 aromatic rings. The number of nitrogens with one attached hydrogen (secondary N) is 1. The summed E-state index contributed by atoms with van der Waals surface area (Å²) in [7, 11) is 0. The van der Waals surface area contributed by atoms with E-state index < -0.39 is 0 Å². The Balaban J connectivity index is 1.57. The second-order valence-corrected chi connectivity index (χ2v) is 8.05. The summed E-state index contributed by atoms with van der Waals surface area (Å²) in [4.78, 5) is 17.5. The molecule has 2 aromatic carbocycles. The van der Waals surface area contributed by atoms with E-state index in [9.17, 15) is 4.79 Å². The van der Waals surface area contributed by atoms with Crippen LogP contribution in [0.15, 0.2) is 60.9 Å². The largest absolute Gasteiger partial charge is 0.494 e. The van der Waals surface area contributed by atoms with Crippen molar-refractivity contribution in [2.45, 2.75) is 40.2 Å². The minimum Gasteiger partial charge on any atom is -0.494 e. The number of aryl methyl sites for hydroxylation is 1. The first-order valence-electron chi connectivity index (χ1n) is 10.9. The zero-order valence-corrected chi connectivity index (χ0v) is 18.9. The Labute approximate surface area is 188 Å². The molecule has 1 N–H and O–H groups in total. The molecule has 2 heterocycles. The van der Waals surface area contributed by atoms with Crippen molar-refractivity contribution in [2.75, 3.05) is 6.61 Å². The van der Waals surface area contributed by atoms with Crippen molar-refractivity contribution in [3.05, 3.63) is 83.3 Å². The first-order valence-corrected chi connectivity index (χ1v) is 10.9. The van der Waals surface area contributed by atoms with Crippen LogP contribution < -0.4 is 10.1 Å². The fourth-order valence-electron chi connectivity index (χ4n) is 3.74. The third kappa shape index (κ3) is 4.21. The normalized spacial score (nSPS) is 11.2. The Bertz CT molecular complexity index is 1240. The molecule has 0 unspecified atom stereocenters.